The van der Waals surface area contributed by atoms with Gasteiger partial charge in [-0.1, -0.05) is 24.3 Å². The van der Waals surface area contributed by atoms with Crippen molar-refractivity contribution in [2.45, 2.75) is 38.5 Å². The highest BCUT2D eigenvalue weighted by atomic mass is 16.7. The lowest BCUT2D eigenvalue weighted by atomic mass is 10.1. The number of hydrogen-bond acceptors (Lipinski definition) is 4. The Morgan fingerprint density at radius 3 is 2.45 bits per heavy atom. The van der Waals surface area contributed by atoms with Crippen LogP contribution in [0.15, 0.2) is 36.4 Å². The lowest BCUT2D eigenvalue weighted by Crippen LogP contribution is -2.01. The quantitative estimate of drug-likeness (QED) is 0.228. The number of nitrogens with zero attached hydrogens (tertiary/aromatic N) is 1. The molecular weight excluding hydrogens is 286 g/mol. The van der Waals surface area contributed by atoms with E-state index in [0.717, 1.165) is 44.1 Å². The Labute approximate surface area is 129 Å². The zero-order valence-corrected chi connectivity index (χ0v) is 12.4. The summed E-state index contributed by atoms with van der Waals surface area (Å²) >= 11 is 0. The molecule has 0 spiro atoms. The molecule has 0 radical (unpaired) electrons. The van der Waals surface area contributed by atoms with Gasteiger partial charge in [-0.25, -0.2) is 4.79 Å². The third kappa shape index (κ3) is 8.04. The highest BCUT2D eigenvalue weighted by Crippen LogP contribution is 2.13. The molecule has 0 unspecified atom stereocenters. The van der Waals surface area contributed by atoms with Gasteiger partial charge in [-0.2, -0.15) is 0 Å². The smallest absolute Gasteiger partial charge is 0.450 e. The van der Waals surface area contributed by atoms with Gasteiger partial charge in [-0.05, 0) is 44.1 Å². The summed E-state index contributed by atoms with van der Waals surface area (Å²) in [5.74, 6) is 0. The molecule has 0 aliphatic carbocycles. The van der Waals surface area contributed by atoms with E-state index in [-0.39, 0.29) is 12.3 Å². The molecule has 1 aromatic carbocycles. The molecule has 0 heterocycles. The van der Waals surface area contributed by atoms with Crippen LogP contribution in [0.4, 0.5) is 10.5 Å². The molecule has 0 aliphatic rings. The Morgan fingerprint density at radius 1 is 1.14 bits per heavy atom. The van der Waals surface area contributed by atoms with Crippen molar-refractivity contribution in [3.8, 4) is 0 Å². The molecule has 1 aromatic rings. The zero-order valence-electron chi connectivity index (χ0n) is 12.4. The van der Waals surface area contributed by atoms with Crippen molar-refractivity contribution in [1.29, 1.82) is 0 Å². The lowest BCUT2D eigenvalue weighted by Gasteiger charge is -1.99. The van der Waals surface area contributed by atoms with E-state index in [9.17, 15) is 14.9 Å². The van der Waals surface area contributed by atoms with Crippen LogP contribution in [0.3, 0.4) is 0 Å². The molecule has 0 saturated carbocycles. The molecule has 120 valence electrons. The van der Waals surface area contributed by atoms with Gasteiger partial charge in [0.25, 0.3) is 5.69 Å². The molecule has 0 saturated heterocycles. The van der Waals surface area contributed by atoms with Gasteiger partial charge >= 0.3 is 6.16 Å². The Kier molecular flexibility index (Phi) is 8.33. The number of ether oxygens (including phenoxy) is 1. The van der Waals surface area contributed by atoms with Gasteiger partial charge < -0.3 is 9.84 Å². The first-order valence-electron chi connectivity index (χ1n) is 7.33. The minimum absolute atomic E-state index is 0.117. The van der Waals surface area contributed by atoms with Crippen LogP contribution in [0, 0.1) is 10.1 Å². The van der Waals surface area contributed by atoms with Gasteiger partial charge in [0.1, 0.15) is 0 Å². The van der Waals surface area contributed by atoms with E-state index in [4.69, 9.17) is 5.11 Å². The van der Waals surface area contributed by atoms with Gasteiger partial charge in [-0.15, -0.1) is 0 Å². The maximum atomic E-state index is 10.5. The summed E-state index contributed by atoms with van der Waals surface area (Å²) in [7, 11) is 0. The first-order valence-corrected chi connectivity index (χ1v) is 7.33. The van der Waals surface area contributed by atoms with Crippen molar-refractivity contribution in [3.63, 3.8) is 0 Å². The first kappa shape index (κ1) is 17.7. The first-order chi connectivity index (χ1) is 10.6. The summed E-state index contributed by atoms with van der Waals surface area (Å²) in [5.41, 5.74) is 1.20. The number of benzene rings is 1. The van der Waals surface area contributed by atoms with E-state index >= 15 is 0 Å². The van der Waals surface area contributed by atoms with Gasteiger partial charge in [0.15, 0.2) is 0 Å². The normalized spacial score (nSPS) is 10.7. The molecule has 6 nitrogen and oxygen atoms in total. The standard InChI is InChI=1S/C16H21NO5/c18-16(19)22-13-7-5-3-1-2-4-6-8-14-9-11-15(12-10-14)17(20)21/h2,4,9-12H,1,3,5-8,13H2,(H,18,19)/b4-2-. The predicted molar refractivity (Wildman–Crippen MR) is 83.0 cm³/mol. The van der Waals surface area contributed by atoms with Crippen LogP contribution in [0.25, 0.3) is 0 Å². The third-order valence-corrected chi connectivity index (χ3v) is 3.15. The maximum Gasteiger partial charge on any atom is 0.505 e. The maximum absolute atomic E-state index is 10.5. The molecular formula is C16H21NO5. The van der Waals surface area contributed by atoms with Crippen LogP contribution in [-0.2, 0) is 11.2 Å². The van der Waals surface area contributed by atoms with Crippen LogP contribution in [0.5, 0.6) is 0 Å². The molecule has 0 atom stereocenters. The molecule has 1 N–H and O–H groups in total. The van der Waals surface area contributed by atoms with E-state index < -0.39 is 11.1 Å². The fourth-order valence-corrected chi connectivity index (χ4v) is 1.97. The number of carboxylic acid groups (broad SMARTS) is 1. The number of non-ortho nitro benzene ring substituents is 1. The van der Waals surface area contributed by atoms with Crippen LogP contribution < -0.4 is 0 Å². The zero-order chi connectivity index (χ0) is 16.2. The van der Waals surface area contributed by atoms with Crippen molar-refractivity contribution in [2.75, 3.05) is 6.61 Å². The summed E-state index contributed by atoms with van der Waals surface area (Å²) < 4.78 is 4.42. The Morgan fingerprint density at radius 2 is 1.82 bits per heavy atom. The second-order valence-corrected chi connectivity index (χ2v) is 4.90. The molecule has 0 fully saturated rings. The molecule has 0 aliphatic heterocycles. The van der Waals surface area contributed by atoms with Crippen molar-refractivity contribution >= 4 is 11.8 Å². The topological polar surface area (TPSA) is 89.7 Å². The van der Waals surface area contributed by atoms with E-state index in [0.29, 0.717) is 0 Å². The second kappa shape index (κ2) is 10.4. The molecule has 1 rings (SSSR count). The minimum Gasteiger partial charge on any atom is -0.450 e. The number of hydrogen-bond donors (Lipinski definition) is 1. The van der Waals surface area contributed by atoms with Gasteiger partial charge in [-0.3, -0.25) is 10.1 Å². The van der Waals surface area contributed by atoms with Crippen molar-refractivity contribution in [1.82, 2.24) is 0 Å². The Hall–Kier alpha value is -2.37. The summed E-state index contributed by atoms with van der Waals surface area (Å²) in [6.45, 7) is 0.263. The highest BCUT2D eigenvalue weighted by Gasteiger charge is 2.02. The Bertz CT molecular complexity index is 496. The number of aryl methyl sites for hydroxylation is 1. The van der Waals surface area contributed by atoms with Gasteiger partial charge in [0.2, 0.25) is 0 Å². The number of unbranched alkanes of at least 4 members (excludes halogenated alkanes) is 3. The monoisotopic (exact) mass is 307 g/mol. The molecule has 0 amide bonds. The average molecular weight is 307 g/mol. The fourth-order valence-electron chi connectivity index (χ4n) is 1.97. The highest BCUT2D eigenvalue weighted by molar-refractivity contribution is 5.56. The van der Waals surface area contributed by atoms with Gasteiger partial charge in [0.05, 0.1) is 11.5 Å². The van der Waals surface area contributed by atoms with Crippen LogP contribution in [0.2, 0.25) is 0 Å². The number of nitro benzene ring substituents is 1. The summed E-state index contributed by atoms with van der Waals surface area (Å²) in [6, 6.07) is 6.62. The van der Waals surface area contributed by atoms with E-state index in [1.165, 1.54) is 12.1 Å². The molecule has 22 heavy (non-hydrogen) atoms. The number of nitro groups is 1. The molecule has 6 heteroatoms. The SMILES string of the molecule is O=C(O)OCCCCC/C=C\CCc1ccc([N+](=O)[O-])cc1. The van der Waals surface area contributed by atoms with Crippen LogP contribution >= 0.6 is 0 Å². The average Bonchev–Trinajstić information content (AvgIpc) is 2.49. The molecule has 0 aromatic heterocycles. The van der Waals surface area contributed by atoms with Crippen LogP contribution in [-0.4, -0.2) is 22.8 Å². The number of carbonyl (C=O) groups is 1. The largest absolute Gasteiger partial charge is 0.505 e. The predicted octanol–water partition coefficient (Wildman–Crippen LogP) is 4.34. The number of allylic oxidation sites excluding steroid dienone is 2. The van der Waals surface area contributed by atoms with Gasteiger partial charge in [0, 0.05) is 12.1 Å². The lowest BCUT2D eigenvalue weighted by molar-refractivity contribution is -0.384. The van der Waals surface area contributed by atoms with E-state index in [2.05, 4.69) is 16.9 Å². The minimum atomic E-state index is -1.22. The summed E-state index contributed by atoms with van der Waals surface area (Å²) in [5, 5.41) is 18.8. The summed E-state index contributed by atoms with van der Waals surface area (Å²) in [6.07, 6.45) is 8.44. The van der Waals surface area contributed by atoms with Crippen molar-refractivity contribution < 1.29 is 19.6 Å². The second-order valence-electron chi connectivity index (χ2n) is 4.90. The van der Waals surface area contributed by atoms with E-state index in [1.807, 2.05) is 0 Å². The number of rotatable bonds is 10. The van der Waals surface area contributed by atoms with E-state index in [1.54, 1.807) is 12.1 Å². The van der Waals surface area contributed by atoms with Crippen LogP contribution in [0.1, 0.15) is 37.7 Å². The third-order valence-electron chi connectivity index (χ3n) is 3.15. The van der Waals surface area contributed by atoms with Crippen molar-refractivity contribution in [3.05, 3.63) is 52.1 Å². The molecule has 0 bridgehead atoms. The van der Waals surface area contributed by atoms with Crippen molar-refractivity contribution in [2.24, 2.45) is 0 Å². The Balaban J connectivity index is 2.06. The fraction of sp³-hybridized carbons (Fsp3) is 0.438. The summed E-state index contributed by atoms with van der Waals surface area (Å²) in [4.78, 5) is 20.2.